The van der Waals surface area contributed by atoms with Gasteiger partial charge >= 0.3 is 5.97 Å². The maximum absolute atomic E-state index is 10.1. The van der Waals surface area contributed by atoms with Crippen molar-refractivity contribution in [2.75, 3.05) is 13.1 Å². The minimum absolute atomic E-state index is 0.297. The van der Waals surface area contributed by atoms with Gasteiger partial charge in [0.2, 0.25) is 0 Å². The van der Waals surface area contributed by atoms with E-state index >= 15 is 0 Å². The molecule has 2 aromatic rings. The summed E-state index contributed by atoms with van der Waals surface area (Å²) in [7, 11) is 0. The molecular formula is C16H26N4O3. The highest BCUT2D eigenvalue weighted by Gasteiger charge is 2.09. The predicted molar refractivity (Wildman–Crippen MR) is 91.2 cm³/mol. The number of benzene rings is 1. The van der Waals surface area contributed by atoms with Crippen molar-refractivity contribution in [3.05, 3.63) is 30.0 Å². The molecule has 7 heteroatoms. The second kappa shape index (κ2) is 9.83. The lowest BCUT2D eigenvalue weighted by Crippen LogP contribution is -2.29. The number of carboxylic acids is 1. The first-order chi connectivity index (χ1) is 11.0. The number of rotatable bonds is 7. The van der Waals surface area contributed by atoms with E-state index in [4.69, 9.17) is 22.3 Å². The molecule has 128 valence electrons. The highest BCUT2D eigenvalue weighted by Crippen LogP contribution is 2.22. The van der Waals surface area contributed by atoms with Crippen LogP contribution in [0, 0.1) is 0 Å². The molecule has 2 rings (SSSR count). The van der Waals surface area contributed by atoms with Gasteiger partial charge in [-0.3, -0.25) is 4.79 Å². The topological polar surface area (TPSA) is 151 Å². The van der Waals surface area contributed by atoms with Crippen LogP contribution in [0.25, 0.3) is 10.9 Å². The molecule has 0 aliphatic heterocycles. The Kier molecular flexibility index (Phi) is 8.10. The van der Waals surface area contributed by atoms with E-state index in [9.17, 15) is 9.90 Å². The van der Waals surface area contributed by atoms with Gasteiger partial charge in [-0.2, -0.15) is 0 Å². The minimum atomic E-state index is -0.933. The van der Waals surface area contributed by atoms with Crippen molar-refractivity contribution in [3.63, 3.8) is 0 Å². The van der Waals surface area contributed by atoms with Gasteiger partial charge in [0.15, 0.2) is 0 Å². The molecule has 1 atom stereocenters. The first kappa shape index (κ1) is 19.0. The van der Waals surface area contributed by atoms with Crippen molar-refractivity contribution in [2.24, 2.45) is 17.2 Å². The SMILES string of the molecule is NCCCCC(N)C(=O)O.NCCc1c[nH]c2ccc(O)cc12. The lowest BCUT2D eigenvalue weighted by molar-refractivity contribution is -0.138. The summed E-state index contributed by atoms with van der Waals surface area (Å²) in [5, 5.41) is 18.7. The van der Waals surface area contributed by atoms with Crippen LogP contribution < -0.4 is 17.2 Å². The Morgan fingerprint density at radius 1 is 1.22 bits per heavy atom. The smallest absolute Gasteiger partial charge is 0.320 e. The number of H-pyrrole nitrogens is 1. The first-order valence-corrected chi connectivity index (χ1v) is 7.67. The highest BCUT2D eigenvalue weighted by atomic mass is 16.4. The van der Waals surface area contributed by atoms with Crippen LogP contribution in [-0.4, -0.2) is 40.3 Å². The van der Waals surface area contributed by atoms with Gasteiger partial charge in [0.25, 0.3) is 0 Å². The molecule has 0 saturated heterocycles. The third kappa shape index (κ3) is 6.27. The Morgan fingerprint density at radius 3 is 2.57 bits per heavy atom. The number of hydrogen-bond donors (Lipinski definition) is 6. The standard InChI is InChI=1S/C10H12N2O.C6H14N2O2/c11-4-3-7-6-12-10-2-1-8(13)5-9(7)10;7-4-2-1-3-5(8)6(9)10/h1-2,5-6,12-13H,3-4,11H2;5H,1-4,7-8H2,(H,9,10). The van der Waals surface area contributed by atoms with Gasteiger partial charge in [0.1, 0.15) is 11.8 Å². The number of phenols is 1. The third-order valence-electron chi connectivity index (χ3n) is 3.45. The van der Waals surface area contributed by atoms with Gasteiger partial charge < -0.3 is 32.4 Å². The summed E-state index contributed by atoms with van der Waals surface area (Å²) in [4.78, 5) is 13.3. The number of nitrogens with one attached hydrogen (secondary N) is 1. The number of aliphatic carboxylic acids is 1. The second-order valence-corrected chi connectivity index (χ2v) is 5.31. The van der Waals surface area contributed by atoms with Crippen LogP contribution >= 0.6 is 0 Å². The van der Waals surface area contributed by atoms with Gasteiger partial charge in [-0.25, -0.2) is 0 Å². The molecule has 0 bridgehead atoms. The lowest BCUT2D eigenvalue weighted by atomic mass is 10.1. The fourth-order valence-electron chi connectivity index (χ4n) is 2.16. The van der Waals surface area contributed by atoms with E-state index in [2.05, 4.69) is 4.98 Å². The molecule has 0 radical (unpaired) electrons. The first-order valence-electron chi connectivity index (χ1n) is 7.67. The molecule has 1 aromatic carbocycles. The van der Waals surface area contributed by atoms with Crippen LogP contribution in [-0.2, 0) is 11.2 Å². The highest BCUT2D eigenvalue weighted by molar-refractivity contribution is 5.84. The quantitative estimate of drug-likeness (QED) is 0.417. The predicted octanol–water partition coefficient (Wildman–Crippen LogP) is 0.902. The van der Waals surface area contributed by atoms with Gasteiger partial charge in [0, 0.05) is 17.1 Å². The van der Waals surface area contributed by atoms with Crippen LogP contribution in [0.1, 0.15) is 24.8 Å². The van der Waals surface area contributed by atoms with Crippen LogP contribution in [0.4, 0.5) is 0 Å². The Hall–Kier alpha value is -2.09. The Morgan fingerprint density at radius 2 is 1.96 bits per heavy atom. The van der Waals surface area contributed by atoms with E-state index in [1.165, 1.54) is 0 Å². The van der Waals surface area contributed by atoms with Crippen molar-refractivity contribution in [1.29, 1.82) is 0 Å². The van der Waals surface area contributed by atoms with E-state index in [0.717, 1.165) is 35.7 Å². The van der Waals surface area contributed by atoms with E-state index in [1.807, 2.05) is 12.3 Å². The van der Waals surface area contributed by atoms with E-state index in [1.54, 1.807) is 12.1 Å². The van der Waals surface area contributed by atoms with E-state index < -0.39 is 12.0 Å². The van der Waals surface area contributed by atoms with Gasteiger partial charge in [-0.05, 0) is 56.1 Å². The molecular weight excluding hydrogens is 296 g/mol. The largest absolute Gasteiger partial charge is 0.508 e. The Balaban J connectivity index is 0.000000241. The van der Waals surface area contributed by atoms with Crippen LogP contribution in [0.3, 0.4) is 0 Å². The lowest BCUT2D eigenvalue weighted by Gasteiger charge is -2.03. The average molecular weight is 322 g/mol. The molecule has 0 saturated carbocycles. The molecule has 1 unspecified atom stereocenters. The Labute approximate surface area is 135 Å². The zero-order valence-electron chi connectivity index (χ0n) is 13.2. The number of nitrogens with two attached hydrogens (primary N) is 3. The summed E-state index contributed by atoms with van der Waals surface area (Å²) in [5.41, 5.74) is 18.1. The van der Waals surface area contributed by atoms with E-state index in [0.29, 0.717) is 25.3 Å². The number of aromatic nitrogens is 1. The van der Waals surface area contributed by atoms with Crippen molar-refractivity contribution in [2.45, 2.75) is 31.7 Å². The number of phenolic OH excluding ortho intramolecular Hbond substituents is 1. The van der Waals surface area contributed by atoms with Crippen molar-refractivity contribution in [3.8, 4) is 5.75 Å². The zero-order valence-corrected chi connectivity index (χ0v) is 13.2. The molecule has 0 amide bonds. The minimum Gasteiger partial charge on any atom is -0.508 e. The maximum atomic E-state index is 10.1. The third-order valence-corrected chi connectivity index (χ3v) is 3.45. The van der Waals surface area contributed by atoms with Crippen LogP contribution in [0.2, 0.25) is 0 Å². The summed E-state index contributed by atoms with van der Waals surface area (Å²) in [6.45, 7) is 1.23. The molecule has 0 aliphatic rings. The average Bonchev–Trinajstić information content (AvgIpc) is 2.91. The van der Waals surface area contributed by atoms with Crippen LogP contribution in [0.15, 0.2) is 24.4 Å². The molecule has 0 aliphatic carbocycles. The zero-order chi connectivity index (χ0) is 17.2. The van der Waals surface area contributed by atoms with Gasteiger partial charge in [-0.1, -0.05) is 6.42 Å². The molecule has 23 heavy (non-hydrogen) atoms. The fraction of sp³-hybridized carbons (Fsp3) is 0.438. The molecule has 7 nitrogen and oxygen atoms in total. The number of carbonyl (C=O) groups is 1. The van der Waals surface area contributed by atoms with Crippen molar-refractivity contribution in [1.82, 2.24) is 4.98 Å². The second-order valence-electron chi connectivity index (χ2n) is 5.31. The van der Waals surface area contributed by atoms with Crippen molar-refractivity contribution >= 4 is 16.9 Å². The summed E-state index contributed by atoms with van der Waals surface area (Å²) < 4.78 is 0. The number of aromatic hydroxyl groups is 1. The number of aromatic amines is 1. The maximum Gasteiger partial charge on any atom is 0.320 e. The molecule has 1 heterocycles. The number of fused-ring (bicyclic) bond motifs is 1. The van der Waals surface area contributed by atoms with Crippen molar-refractivity contribution < 1.29 is 15.0 Å². The Bertz CT molecular complexity index is 612. The number of unbranched alkanes of at least 4 members (excludes halogenated alkanes) is 1. The molecule has 0 spiro atoms. The summed E-state index contributed by atoms with van der Waals surface area (Å²) in [6, 6.07) is 4.58. The van der Waals surface area contributed by atoms with Crippen LogP contribution in [0.5, 0.6) is 5.75 Å². The molecule has 0 fully saturated rings. The summed E-state index contributed by atoms with van der Waals surface area (Å²) in [6.07, 6.45) is 4.94. The molecule has 9 N–H and O–H groups in total. The van der Waals surface area contributed by atoms with Gasteiger partial charge in [0.05, 0.1) is 0 Å². The number of hydrogen-bond acceptors (Lipinski definition) is 5. The van der Waals surface area contributed by atoms with E-state index in [-0.39, 0.29) is 0 Å². The fourth-order valence-corrected chi connectivity index (χ4v) is 2.16. The summed E-state index contributed by atoms with van der Waals surface area (Å²) >= 11 is 0. The monoisotopic (exact) mass is 322 g/mol. The van der Waals surface area contributed by atoms with Gasteiger partial charge in [-0.15, -0.1) is 0 Å². The number of carboxylic acid groups (broad SMARTS) is 1. The normalized spacial score (nSPS) is 11.8. The summed E-state index contributed by atoms with van der Waals surface area (Å²) in [5.74, 6) is -0.637. The molecule has 1 aromatic heterocycles.